The number of hydrogen-bond acceptors (Lipinski definition) is 10. The van der Waals surface area contributed by atoms with E-state index in [1.807, 2.05) is 35.2 Å². The molecule has 46 heavy (non-hydrogen) atoms. The van der Waals surface area contributed by atoms with Crippen LogP contribution in [0, 0.1) is 0 Å². The molecule has 13 nitrogen and oxygen atoms in total. The van der Waals surface area contributed by atoms with E-state index in [4.69, 9.17) is 14.5 Å². The highest BCUT2D eigenvalue weighted by molar-refractivity contribution is 5.97. The molecular weight excluding hydrogens is 592 g/mol. The van der Waals surface area contributed by atoms with E-state index < -0.39 is 29.6 Å². The number of rotatable bonds is 10. The summed E-state index contributed by atoms with van der Waals surface area (Å²) < 4.78 is 10.5. The predicted molar refractivity (Wildman–Crippen MR) is 171 cm³/mol. The molecule has 0 spiro atoms. The summed E-state index contributed by atoms with van der Waals surface area (Å²) in [5.74, 6) is -0.579. The van der Waals surface area contributed by atoms with Crippen LogP contribution in [-0.4, -0.2) is 112 Å². The van der Waals surface area contributed by atoms with Gasteiger partial charge >= 0.3 is 12.1 Å². The molecular formula is C33H46N6O7. The molecule has 1 aromatic carbocycles. The number of nitrogens with zero attached hydrogens (tertiary/aromatic N) is 5. The number of carbonyl (C=O) groups excluding carboxylic acids is 4. The summed E-state index contributed by atoms with van der Waals surface area (Å²) in [5.41, 5.74) is 0.0799. The first-order valence-electron chi connectivity index (χ1n) is 16.0. The van der Waals surface area contributed by atoms with Gasteiger partial charge in [-0.25, -0.2) is 14.8 Å². The van der Waals surface area contributed by atoms with Crippen molar-refractivity contribution in [1.29, 1.82) is 0 Å². The number of piperidine rings is 1. The van der Waals surface area contributed by atoms with Crippen LogP contribution in [0.3, 0.4) is 0 Å². The fraction of sp³-hybridized carbons (Fsp3) is 0.576. The lowest BCUT2D eigenvalue weighted by Gasteiger charge is -2.36. The smallest absolute Gasteiger partial charge is 0.409 e. The van der Waals surface area contributed by atoms with Crippen molar-refractivity contribution in [3.05, 3.63) is 42.1 Å². The summed E-state index contributed by atoms with van der Waals surface area (Å²) in [7, 11) is 0. The maximum atomic E-state index is 13.9. The Labute approximate surface area is 270 Å². The van der Waals surface area contributed by atoms with Gasteiger partial charge in [0, 0.05) is 50.8 Å². The van der Waals surface area contributed by atoms with Crippen LogP contribution in [-0.2, 0) is 19.1 Å². The topological polar surface area (TPSA) is 154 Å². The van der Waals surface area contributed by atoms with Crippen LogP contribution in [0.5, 0.6) is 0 Å². The zero-order valence-electron chi connectivity index (χ0n) is 27.2. The molecule has 2 fully saturated rings. The number of aliphatic hydroxyl groups is 1. The van der Waals surface area contributed by atoms with Crippen molar-refractivity contribution in [2.75, 3.05) is 50.8 Å². The normalized spacial score (nSPS) is 17.7. The molecule has 2 N–H and O–H groups in total. The lowest BCUT2D eigenvalue weighted by Crippen LogP contribution is -2.56. The average Bonchev–Trinajstić information content (AvgIpc) is 3.05. The van der Waals surface area contributed by atoms with Gasteiger partial charge in [-0.05, 0) is 53.4 Å². The van der Waals surface area contributed by atoms with Crippen LogP contribution in [0.15, 0.2) is 36.4 Å². The van der Waals surface area contributed by atoms with Gasteiger partial charge in [-0.2, -0.15) is 0 Å². The minimum Gasteiger partial charge on any atom is -0.460 e. The van der Waals surface area contributed by atoms with E-state index in [-0.39, 0.29) is 69.9 Å². The molecule has 250 valence electrons. The lowest BCUT2D eigenvalue weighted by atomic mass is 10.0. The molecule has 0 radical (unpaired) electrons. The molecule has 3 heterocycles. The van der Waals surface area contributed by atoms with Gasteiger partial charge in [0.05, 0.1) is 19.3 Å². The van der Waals surface area contributed by atoms with Crippen molar-refractivity contribution in [3.63, 3.8) is 0 Å². The average molecular weight is 639 g/mol. The van der Waals surface area contributed by atoms with E-state index >= 15 is 0 Å². The van der Waals surface area contributed by atoms with E-state index in [0.29, 0.717) is 23.8 Å². The number of anilines is 1. The summed E-state index contributed by atoms with van der Waals surface area (Å²) in [4.78, 5) is 66.9. The van der Waals surface area contributed by atoms with Gasteiger partial charge in [0.2, 0.25) is 5.91 Å². The van der Waals surface area contributed by atoms with E-state index in [1.165, 1.54) is 4.90 Å². The lowest BCUT2D eigenvalue weighted by molar-refractivity contribution is -0.155. The van der Waals surface area contributed by atoms with E-state index in [1.54, 1.807) is 38.7 Å². The molecule has 3 amide bonds. The van der Waals surface area contributed by atoms with Crippen LogP contribution in [0.2, 0.25) is 0 Å². The number of aliphatic hydroxyl groups excluding tert-OH is 1. The van der Waals surface area contributed by atoms with Crippen molar-refractivity contribution in [2.24, 2.45) is 0 Å². The minimum atomic E-state index is -1.05. The molecule has 1 aromatic heterocycles. The van der Waals surface area contributed by atoms with Crippen molar-refractivity contribution in [1.82, 2.24) is 25.1 Å². The number of hydrogen-bond donors (Lipinski definition) is 2. The number of piperazine rings is 1. The van der Waals surface area contributed by atoms with E-state index in [9.17, 15) is 24.3 Å². The summed E-state index contributed by atoms with van der Waals surface area (Å²) in [5, 5.41) is 12.9. The number of ether oxygens (including phenoxy) is 2. The van der Waals surface area contributed by atoms with Crippen LogP contribution >= 0.6 is 0 Å². The zero-order chi connectivity index (χ0) is 33.3. The second kappa shape index (κ2) is 15.8. The van der Waals surface area contributed by atoms with Crippen LogP contribution in [0.25, 0.3) is 11.4 Å². The van der Waals surface area contributed by atoms with Gasteiger partial charge in [0.1, 0.15) is 23.2 Å². The maximum absolute atomic E-state index is 13.9. The monoisotopic (exact) mass is 638 g/mol. The van der Waals surface area contributed by atoms with E-state index in [2.05, 4.69) is 10.3 Å². The number of nitrogens with one attached hydrogen (secondary N) is 1. The van der Waals surface area contributed by atoms with Crippen LogP contribution < -0.4 is 10.2 Å². The van der Waals surface area contributed by atoms with Gasteiger partial charge in [-0.3, -0.25) is 14.4 Å². The molecule has 2 aliphatic heterocycles. The first kappa shape index (κ1) is 34.6. The Morgan fingerprint density at radius 1 is 1.00 bits per heavy atom. The van der Waals surface area contributed by atoms with Gasteiger partial charge in [0.15, 0.2) is 5.82 Å². The third kappa shape index (κ3) is 9.38. The Morgan fingerprint density at radius 2 is 1.70 bits per heavy atom. The highest BCUT2D eigenvalue weighted by Crippen LogP contribution is 2.26. The van der Waals surface area contributed by atoms with Gasteiger partial charge in [-0.1, -0.05) is 30.3 Å². The summed E-state index contributed by atoms with van der Waals surface area (Å²) >= 11 is 0. The molecule has 13 heteroatoms. The summed E-state index contributed by atoms with van der Waals surface area (Å²) in [6, 6.07) is 9.69. The standard InChI is InChI=1S/C33H46N6O7/c1-5-45-32(44)38-19-17-37(18-20-38)31(43)25(14-15-28(41)46-33(2,3)4)35-30(42)26-21-27(39-16-10-9-13-24(39)22-40)36-29(34-26)23-11-7-6-8-12-23/h6-8,11-12,21,24-25,40H,5,9-10,13-20,22H2,1-4H3,(H,35,42)/t24?,25-/m0/s1. The number of esters is 1. The zero-order valence-corrected chi connectivity index (χ0v) is 27.2. The molecule has 4 rings (SSSR count). The third-order valence-electron chi connectivity index (χ3n) is 7.89. The third-order valence-corrected chi connectivity index (χ3v) is 7.89. The van der Waals surface area contributed by atoms with Crippen molar-refractivity contribution in [3.8, 4) is 11.4 Å². The molecule has 1 unspecified atom stereocenters. The fourth-order valence-corrected chi connectivity index (χ4v) is 5.60. The molecule has 2 aliphatic rings. The fourth-order valence-electron chi connectivity index (χ4n) is 5.60. The van der Waals surface area contributed by atoms with E-state index in [0.717, 1.165) is 19.3 Å². The van der Waals surface area contributed by atoms with Crippen LogP contribution in [0.1, 0.15) is 70.3 Å². The molecule has 0 aliphatic carbocycles. The minimum absolute atomic E-state index is 0.0137. The molecule has 2 atom stereocenters. The van der Waals surface area contributed by atoms with Gasteiger partial charge < -0.3 is 34.6 Å². The first-order chi connectivity index (χ1) is 22.0. The Kier molecular flexibility index (Phi) is 11.9. The van der Waals surface area contributed by atoms with Crippen molar-refractivity contribution >= 4 is 29.7 Å². The van der Waals surface area contributed by atoms with Crippen LogP contribution in [0.4, 0.5) is 10.6 Å². The Hall–Kier alpha value is -4.26. The number of carbonyl (C=O) groups is 4. The Morgan fingerprint density at radius 3 is 2.35 bits per heavy atom. The number of aromatic nitrogens is 2. The second-order valence-electron chi connectivity index (χ2n) is 12.5. The Balaban J connectivity index is 1.59. The van der Waals surface area contributed by atoms with Crippen molar-refractivity contribution in [2.45, 2.75) is 77.5 Å². The first-order valence-corrected chi connectivity index (χ1v) is 16.0. The Bertz CT molecular complexity index is 1360. The molecule has 0 saturated carbocycles. The summed E-state index contributed by atoms with van der Waals surface area (Å²) in [6.45, 7) is 8.99. The maximum Gasteiger partial charge on any atom is 0.409 e. The number of amides is 3. The summed E-state index contributed by atoms with van der Waals surface area (Å²) in [6.07, 6.45) is 2.20. The molecule has 2 aromatic rings. The molecule has 0 bridgehead atoms. The number of benzene rings is 1. The quantitative estimate of drug-likeness (QED) is 0.371. The second-order valence-corrected chi connectivity index (χ2v) is 12.5. The highest BCUT2D eigenvalue weighted by Gasteiger charge is 2.32. The van der Waals surface area contributed by atoms with Gasteiger partial charge in [0.25, 0.3) is 5.91 Å². The van der Waals surface area contributed by atoms with Gasteiger partial charge in [-0.15, -0.1) is 0 Å². The predicted octanol–water partition coefficient (Wildman–Crippen LogP) is 3.02. The van der Waals surface area contributed by atoms with Crippen molar-refractivity contribution < 1.29 is 33.8 Å². The largest absolute Gasteiger partial charge is 0.460 e. The SMILES string of the molecule is CCOC(=O)N1CCN(C(=O)[C@H](CCC(=O)OC(C)(C)C)NC(=O)c2cc(N3CCCCC3CO)nc(-c3ccccc3)n2)CC1. The molecule has 2 saturated heterocycles. The highest BCUT2D eigenvalue weighted by atomic mass is 16.6.